The topological polar surface area (TPSA) is 79.4 Å². The lowest BCUT2D eigenvalue weighted by Gasteiger charge is -2.09. The van der Waals surface area contributed by atoms with E-state index in [1.165, 1.54) is 0 Å². The van der Waals surface area contributed by atoms with E-state index in [-0.39, 0.29) is 12.3 Å². The number of H-pyrrole nitrogens is 1. The van der Waals surface area contributed by atoms with E-state index in [0.29, 0.717) is 6.07 Å². The average Bonchev–Trinajstić information content (AvgIpc) is 2.15. The molecule has 0 atom stereocenters. The van der Waals surface area contributed by atoms with Crippen molar-refractivity contribution in [3.63, 3.8) is 0 Å². The smallest absolute Gasteiger partial charge is 0.311 e. The SMILES string of the molecule is CCOC(=O)Cc1[nH]c(=O)cc(O)c1C(F)F. The standard InChI is InChI=1S/C10H11F2NO4/c1-2-17-8(16)3-5-9(10(11)12)6(14)4-7(15)13-5/h4,10H,2-3H2,1H3,(H2,13,14,15). The number of ether oxygens (including phenoxy) is 1. The second kappa shape index (κ2) is 5.42. The average molecular weight is 247 g/mol. The number of esters is 1. The Kier molecular flexibility index (Phi) is 4.19. The number of nitrogens with one attached hydrogen (secondary N) is 1. The van der Waals surface area contributed by atoms with Gasteiger partial charge in [-0.15, -0.1) is 0 Å². The first kappa shape index (κ1) is 13.1. The summed E-state index contributed by atoms with van der Waals surface area (Å²) in [6, 6.07) is 0.635. The Bertz CT molecular complexity index is 470. The van der Waals surface area contributed by atoms with E-state index in [2.05, 4.69) is 9.72 Å². The Morgan fingerprint density at radius 1 is 1.59 bits per heavy atom. The monoisotopic (exact) mass is 247 g/mol. The molecule has 2 N–H and O–H groups in total. The predicted octanol–water partition coefficient (Wildman–Crippen LogP) is 1.12. The van der Waals surface area contributed by atoms with Crippen molar-refractivity contribution in [3.05, 3.63) is 27.7 Å². The van der Waals surface area contributed by atoms with E-state index in [4.69, 9.17) is 0 Å². The van der Waals surface area contributed by atoms with Crippen LogP contribution in [0, 0.1) is 0 Å². The molecule has 0 unspecified atom stereocenters. The highest BCUT2D eigenvalue weighted by Gasteiger charge is 2.21. The molecule has 0 saturated carbocycles. The van der Waals surface area contributed by atoms with Gasteiger partial charge >= 0.3 is 5.97 Å². The molecule has 0 spiro atoms. The lowest BCUT2D eigenvalue weighted by molar-refractivity contribution is -0.142. The van der Waals surface area contributed by atoms with Crippen LogP contribution in [0.4, 0.5) is 8.78 Å². The summed E-state index contributed by atoms with van der Waals surface area (Å²) in [5.41, 5.74) is -1.84. The number of aromatic amines is 1. The van der Waals surface area contributed by atoms with Gasteiger partial charge in [0.2, 0.25) is 0 Å². The summed E-state index contributed by atoms with van der Waals surface area (Å²) in [7, 11) is 0. The summed E-state index contributed by atoms with van der Waals surface area (Å²) >= 11 is 0. The van der Waals surface area contributed by atoms with E-state index in [1.807, 2.05) is 0 Å². The van der Waals surface area contributed by atoms with Crippen molar-refractivity contribution >= 4 is 5.97 Å². The Hall–Kier alpha value is -1.92. The first-order valence-electron chi connectivity index (χ1n) is 4.84. The Morgan fingerprint density at radius 2 is 2.24 bits per heavy atom. The largest absolute Gasteiger partial charge is 0.507 e. The molecule has 1 rings (SSSR count). The second-order valence-electron chi connectivity index (χ2n) is 3.19. The fraction of sp³-hybridized carbons (Fsp3) is 0.400. The molecule has 1 heterocycles. The first-order chi connectivity index (χ1) is 7.95. The van der Waals surface area contributed by atoms with Crippen LogP contribution >= 0.6 is 0 Å². The zero-order valence-corrected chi connectivity index (χ0v) is 9.00. The molecule has 0 amide bonds. The number of rotatable bonds is 4. The molecule has 94 valence electrons. The maximum atomic E-state index is 12.6. The van der Waals surface area contributed by atoms with Crippen LogP contribution in [0.15, 0.2) is 10.9 Å². The van der Waals surface area contributed by atoms with E-state index < -0.39 is 35.7 Å². The van der Waals surface area contributed by atoms with Crippen molar-refractivity contribution in [3.8, 4) is 5.75 Å². The summed E-state index contributed by atoms with van der Waals surface area (Å²) in [4.78, 5) is 24.2. The van der Waals surface area contributed by atoms with E-state index in [9.17, 15) is 23.5 Å². The summed E-state index contributed by atoms with van der Waals surface area (Å²) in [5.74, 6) is -1.58. The number of hydrogen-bond acceptors (Lipinski definition) is 4. The molecule has 0 radical (unpaired) electrons. The number of aromatic hydroxyl groups is 1. The van der Waals surface area contributed by atoms with E-state index in [1.54, 1.807) is 6.92 Å². The Balaban J connectivity index is 3.12. The van der Waals surface area contributed by atoms with E-state index >= 15 is 0 Å². The highest BCUT2D eigenvalue weighted by molar-refractivity contribution is 5.72. The quantitative estimate of drug-likeness (QED) is 0.781. The fourth-order valence-corrected chi connectivity index (χ4v) is 1.35. The molecule has 0 aliphatic rings. The third kappa shape index (κ3) is 3.27. The molecular formula is C10H11F2NO4. The number of pyridine rings is 1. The molecule has 0 bridgehead atoms. The lowest BCUT2D eigenvalue weighted by atomic mass is 10.1. The van der Waals surface area contributed by atoms with Crippen molar-refractivity contribution in [2.45, 2.75) is 19.8 Å². The first-order valence-corrected chi connectivity index (χ1v) is 4.84. The lowest BCUT2D eigenvalue weighted by Crippen LogP contribution is -2.16. The van der Waals surface area contributed by atoms with Gasteiger partial charge in [0, 0.05) is 11.8 Å². The van der Waals surface area contributed by atoms with Gasteiger partial charge in [-0.1, -0.05) is 0 Å². The fourth-order valence-electron chi connectivity index (χ4n) is 1.35. The van der Waals surface area contributed by atoms with Gasteiger partial charge in [0.25, 0.3) is 12.0 Å². The maximum Gasteiger partial charge on any atom is 0.311 e. The van der Waals surface area contributed by atoms with Crippen LogP contribution in [-0.2, 0) is 16.0 Å². The summed E-state index contributed by atoms with van der Waals surface area (Å²) in [5, 5.41) is 9.23. The molecule has 17 heavy (non-hydrogen) atoms. The van der Waals surface area contributed by atoms with Crippen molar-refractivity contribution in [2.75, 3.05) is 6.61 Å². The second-order valence-corrected chi connectivity index (χ2v) is 3.19. The van der Waals surface area contributed by atoms with Gasteiger partial charge in [-0.25, -0.2) is 8.78 Å². The third-order valence-corrected chi connectivity index (χ3v) is 1.99. The van der Waals surface area contributed by atoms with Crippen LogP contribution < -0.4 is 5.56 Å². The van der Waals surface area contributed by atoms with Gasteiger partial charge in [-0.2, -0.15) is 0 Å². The molecular weight excluding hydrogens is 236 g/mol. The minimum atomic E-state index is -2.99. The number of halogens is 2. The third-order valence-electron chi connectivity index (χ3n) is 1.99. The molecule has 5 nitrogen and oxygen atoms in total. The molecule has 1 aromatic rings. The summed E-state index contributed by atoms with van der Waals surface area (Å²) < 4.78 is 29.8. The number of alkyl halides is 2. The van der Waals surface area contributed by atoms with Crippen LogP contribution in [0.2, 0.25) is 0 Å². The summed E-state index contributed by atoms with van der Waals surface area (Å²) in [6.07, 6.45) is -3.51. The Morgan fingerprint density at radius 3 is 2.76 bits per heavy atom. The minimum Gasteiger partial charge on any atom is -0.507 e. The molecule has 0 aliphatic heterocycles. The van der Waals surface area contributed by atoms with Crippen LogP contribution in [0.25, 0.3) is 0 Å². The molecule has 0 aromatic carbocycles. The van der Waals surface area contributed by atoms with Crippen molar-refractivity contribution in [1.82, 2.24) is 4.98 Å². The van der Waals surface area contributed by atoms with Crippen LogP contribution in [-0.4, -0.2) is 22.7 Å². The van der Waals surface area contributed by atoms with Gasteiger partial charge in [0.1, 0.15) is 5.75 Å². The van der Waals surface area contributed by atoms with Gasteiger partial charge in [0.05, 0.1) is 18.6 Å². The zero-order valence-electron chi connectivity index (χ0n) is 9.00. The highest BCUT2D eigenvalue weighted by Crippen LogP contribution is 2.29. The normalized spacial score (nSPS) is 10.6. The molecule has 1 aromatic heterocycles. The van der Waals surface area contributed by atoms with Crippen LogP contribution in [0.5, 0.6) is 5.75 Å². The summed E-state index contributed by atoms with van der Waals surface area (Å²) in [6.45, 7) is 1.67. The Labute approximate surface area is 95.0 Å². The number of carbonyl (C=O) groups is 1. The van der Waals surface area contributed by atoms with Gasteiger partial charge in [-0.05, 0) is 6.92 Å². The molecule has 0 aliphatic carbocycles. The van der Waals surface area contributed by atoms with Gasteiger partial charge < -0.3 is 14.8 Å². The number of carbonyl (C=O) groups excluding carboxylic acids is 1. The number of aromatic nitrogens is 1. The van der Waals surface area contributed by atoms with Crippen LogP contribution in [0.3, 0.4) is 0 Å². The predicted molar refractivity (Wildman–Crippen MR) is 54.0 cm³/mol. The van der Waals surface area contributed by atoms with Crippen molar-refractivity contribution in [1.29, 1.82) is 0 Å². The van der Waals surface area contributed by atoms with Gasteiger partial charge in [0.15, 0.2) is 0 Å². The highest BCUT2D eigenvalue weighted by atomic mass is 19.3. The zero-order chi connectivity index (χ0) is 13.0. The van der Waals surface area contributed by atoms with Crippen molar-refractivity contribution < 1.29 is 23.4 Å². The molecule has 0 saturated heterocycles. The van der Waals surface area contributed by atoms with Crippen molar-refractivity contribution in [2.24, 2.45) is 0 Å². The van der Waals surface area contributed by atoms with Gasteiger partial charge in [-0.3, -0.25) is 9.59 Å². The molecule has 7 heteroatoms. The minimum absolute atomic E-state index is 0.103. The maximum absolute atomic E-state index is 12.6. The van der Waals surface area contributed by atoms with Crippen LogP contribution in [0.1, 0.15) is 24.6 Å². The molecule has 0 fully saturated rings. The van der Waals surface area contributed by atoms with E-state index in [0.717, 1.165) is 0 Å². The number of hydrogen-bond donors (Lipinski definition) is 2.